The fraction of sp³-hybridized carbons (Fsp3) is 0.333. The van der Waals surface area contributed by atoms with Crippen molar-refractivity contribution in [2.45, 2.75) is 18.5 Å². The number of nitrogens with one attached hydrogen (secondary N) is 1. The zero-order valence-electron chi connectivity index (χ0n) is 10.8. The SMILES string of the molecule is N#Cc1cc(N2C3CNCC2C3)nc2ccc(Cl)cc12. The van der Waals surface area contributed by atoms with Gasteiger partial charge in [-0.2, -0.15) is 5.26 Å². The first-order chi connectivity index (χ1) is 9.76. The molecule has 2 aliphatic heterocycles. The van der Waals surface area contributed by atoms with Gasteiger partial charge in [0.05, 0.1) is 17.1 Å². The van der Waals surface area contributed by atoms with Crippen molar-refractivity contribution in [1.82, 2.24) is 10.3 Å². The fourth-order valence-electron chi connectivity index (χ4n) is 3.26. The van der Waals surface area contributed by atoms with Gasteiger partial charge in [0.1, 0.15) is 5.82 Å². The number of hydrogen-bond acceptors (Lipinski definition) is 4. The highest BCUT2D eigenvalue weighted by Crippen LogP contribution is 2.35. The van der Waals surface area contributed by atoms with Crippen LogP contribution < -0.4 is 10.2 Å². The van der Waals surface area contributed by atoms with E-state index < -0.39 is 0 Å². The molecule has 1 aromatic heterocycles. The average molecular weight is 285 g/mol. The molecule has 0 amide bonds. The summed E-state index contributed by atoms with van der Waals surface area (Å²) in [6.07, 6.45) is 1.22. The molecule has 2 aromatic rings. The summed E-state index contributed by atoms with van der Waals surface area (Å²) in [4.78, 5) is 7.06. The van der Waals surface area contributed by atoms with E-state index in [0.29, 0.717) is 22.7 Å². The third kappa shape index (κ3) is 1.67. The Morgan fingerprint density at radius 3 is 2.80 bits per heavy atom. The Morgan fingerprint density at radius 2 is 2.10 bits per heavy atom. The monoisotopic (exact) mass is 284 g/mol. The van der Waals surface area contributed by atoms with E-state index in [1.54, 1.807) is 0 Å². The molecule has 3 heterocycles. The Kier molecular flexibility index (Phi) is 2.59. The zero-order valence-corrected chi connectivity index (χ0v) is 11.6. The number of aromatic nitrogens is 1. The summed E-state index contributed by atoms with van der Waals surface area (Å²) in [6, 6.07) is 10.7. The van der Waals surface area contributed by atoms with Crippen LogP contribution in [0.25, 0.3) is 10.9 Å². The number of piperidine rings is 1. The van der Waals surface area contributed by atoms with Crippen LogP contribution in [0.5, 0.6) is 0 Å². The Bertz CT molecular complexity index is 722. The summed E-state index contributed by atoms with van der Waals surface area (Å²) in [5.74, 6) is 0.916. The quantitative estimate of drug-likeness (QED) is 0.873. The summed E-state index contributed by atoms with van der Waals surface area (Å²) in [6.45, 7) is 2.00. The van der Waals surface area contributed by atoms with Gasteiger partial charge in [-0.15, -0.1) is 0 Å². The Balaban J connectivity index is 1.86. The molecule has 2 unspecified atom stereocenters. The second-order valence-corrected chi connectivity index (χ2v) is 5.85. The van der Waals surface area contributed by atoms with Crippen molar-refractivity contribution in [3.05, 3.63) is 34.9 Å². The largest absolute Gasteiger partial charge is 0.348 e. The molecule has 1 aromatic carbocycles. The van der Waals surface area contributed by atoms with Crippen LogP contribution in [0, 0.1) is 11.3 Å². The first-order valence-electron chi connectivity index (χ1n) is 6.76. The number of pyridine rings is 1. The van der Waals surface area contributed by atoms with Crippen molar-refractivity contribution in [3.8, 4) is 6.07 Å². The minimum atomic E-state index is 0.512. The number of hydrogen-bond donors (Lipinski definition) is 1. The number of halogens is 1. The Hall–Kier alpha value is -1.83. The summed E-state index contributed by atoms with van der Waals surface area (Å²) >= 11 is 6.01. The van der Waals surface area contributed by atoms with Gasteiger partial charge in [0.25, 0.3) is 0 Å². The van der Waals surface area contributed by atoms with Crippen LogP contribution in [0.3, 0.4) is 0 Å². The van der Waals surface area contributed by atoms with E-state index in [9.17, 15) is 5.26 Å². The second-order valence-electron chi connectivity index (χ2n) is 5.41. The summed E-state index contributed by atoms with van der Waals surface area (Å²) < 4.78 is 0. The van der Waals surface area contributed by atoms with Crippen LogP contribution in [0.2, 0.25) is 5.02 Å². The van der Waals surface area contributed by atoms with Crippen LogP contribution in [0.15, 0.2) is 24.3 Å². The molecule has 4 rings (SSSR count). The predicted molar refractivity (Wildman–Crippen MR) is 79.0 cm³/mol. The van der Waals surface area contributed by atoms with Crippen molar-refractivity contribution in [1.29, 1.82) is 5.26 Å². The molecule has 4 nitrogen and oxygen atoms in total. The van der Waals surface area contributed by atoms with Crippen molar-refractivity contribution in [3.63, 3.8) is 0 Å². The van der Waals surface area contributed by atoms with E-state index in [1.165, 1.54) is 6.42 Å². The van der Waals surface area contributed by atoms with Gasteiger partial charge in [-0.1, -0.05) is 11.6 Å². The smallest absolute Gasteiger partial charge is 0.131 e. The molecule has 0 spiro atoms. The first kappa shape index (κ1) is 12.0. The molecular formula is C15H13ClN4. The highest BCUT2D eigenvalue weighted by molar-refractivity contribution is 6.31. The maximum Gasteiger partial charge on any atom is 0.131 e. The third-order valence-electron chi connectivity index (χ3n) is 4.23. The minimum absolute atomic E-state index is 0.512. The van der Waals surface area contributed by atoms with Gasteiger partial charge >= 0.3 is 0 Å². The van der Waals surface area contributed by atoms with E-state index >= 15 is 0 Å². The minimum Gasteiger partial charge on any atom is -0.348 e. The number of piperazine rings is 1. The van der Waals surface area contributed by atoms with Gasteiger partial charge < -0.3 is 10.2 Å². The maximum absolute atomic E-state index is 9.37. The molecule has 20 heavy (non-hydrogen) atoms. The van der Waals surface area contributed by atoms with Crippen molar-refractivity contribution in [2.24, 2.45) is 0 Å². The molecule has 2 saturated heterocycles. The zero-order chi connectivity index (χ0) is 13.7. The fourth-order valence-corrected chi connectivity index (χ4v) is 3.44. The lowest BCUT2D eigenvalue weighted by molar-refractivity contribution is 0.261. The van der Waals surface area contributed by atoms with Crippen LogP contribution in [-0.4, -0.2) is 30.2 Å². The molecule has 0 radical (unpaired) electrons. The number of benzene rings is 1. The standard InChI is InChI=1S/C15H13ClN4/c16-10-1-2-14-13(4-10)9(6-17)3-15(19-14)20-11-5-12(20)8-18-7-11/h1-4,11-12,18H,5,7-8H2. The van der Waals surface area contributed by atoms with Gasteiger partial charge in [-0.3, -0.25) is 0 Å². The highest BCUT2D eigenvalue weighted by atomic mass is 35.5. The molecule has 100 valence electrons. The Labute approximate surface area is 122 Å². The maximum atomic E-state index is 9.37. The van der Waals surface area contributed by atoms with E-state index in [1.807, 2.05) is 24.3 Å². The predicted octanol–water partition coefficient (Wildman–Crippen LogP) is 2.31. The van der Waals surface area contributed by atoms with Gasteiger partial charge in [-0.25, -0.2) is 4.98 Å². The first-order valence-corrected chi connectivity index (χ1v) is 7.13. The number of rotatable bonds is 1. The second kappa shape index (κ2) is 4.34. The Morgan fingerprint density at radius 1 is 1.30 bits per heavy atom. The van der Waals surface area contributed by atoms with E-state index in [0.717, 1.165) is 29.8 Å². The molecular weight excluding hydrogens is 272 g/mol. The van der Waals surface area contributed by atoms with Crippen LogP contribution in [-0.2, 0) is 0 Å². The molecule has 2 aliphatic rings. The number of nitrogens with zero attached hydrogens (tertiary/aromatic N) is 3. The van der Waals surface area contributed by atoms with Crippen LogP contribution in [0.1, 0.15) is 12.0 Å². The molecule has 2 bridgehead atoms. The van der Waals surface area contributed by atoms with Crippen molar-refractivity contribution in [2.75, 3.05) is 18.0 Å². The molecule has 0 aliphatic carbocycles. The summed E-state index contributed by atoms with van der Waals surface area (Å²) in [5, 5.41) is 14.2. The third-order valence-corrected chi connectivity index (χ3v) is 4.47. The van der Waals surface area contributed by atoms with Crippen molar-refractivity contribution < 1.29 is 0 Å². The van der Waals surface area contributed by atoms with Gasteiger partial charge in [0.2, 0.25) is 0 Å². The number of anilines is 1. The van der Waals surface area contributed by atoms with E-state index in [-0.39, 0.29) is 0 Å². The molecule has 2 atom stereocenters. The van der Waals surface area contributed by atoms with Crippen LogP contribution >= 0.6 is 11.6 Å². The topological polar surface area (TPSA) is 52.0 Å². The summed E-state index contributed by atoms with van der Waals surface area (Å²) in [5.41, 5.74) is 1.48. The lowest BCUT2D eigenvalue weighted by Crippen LogP contribution is -2.68. The average Bonchev–Trinajstić information content (AvgIpc) is 2.47. The van der Waals surface area contributed by atoms with E-state index in [4.69, 9.17) is 16.6 Å². The van der Waals surface area contributed by atoms with Gasteiger partial charge in [-0.05, 0) is 30.7 Å². The number of nitriles is 1. The van der Waals surface area contributed by atoms with Gasteiger partial charge in [0, 0.05) is 35.6 Å². The molecule has 5 heteroatoms. The lowest BCUT2D eigenvalue weighted by Gasteiger charge is -2.53. The normalized spacial score (nSPS) is 24.3. The highest BCUT2D eigenvalue weighted by Gasteiger charge is 2.42. The lowest BCUT2D eigenvalue weighted by atomic mass is 9.88. The molecule has 0 saturated carbocycles. The van der Waals surface area contributed by atoms with Gasteiger partial charge in [0.15, 0.2) is 0 Å². The molecule has 1 N–H and O–H groups in total. The summed E-state index contributed by atoms with van der Waals surface area (Å²) in [7, 11) is 0. The van der Waals surface area contributed by atoms with Crippen LogP contribution in [0.4, 0.5) is 5.82 Å². The molecule has 2 fully saturated rings. The number of fused-ring (bicyclic) bond motifs is 3. The van der Waals surface area contributed by atoms with E-state index in [2.05, 4.69) is 16.3 Å². The van der Waals surface area contributed by atoms with Crippen molar-refractivity contribution >= 4 is 28.3 Å².